The number of thioether (sulfide) groups is 1. The Hall–Kier alpha value is -4.18. The number of hydrogen-bond acceptors (Lipinski definition) is 7. The molecule has 10 heteroatoms. The van der Waals surface area contributed by atoms with Gasteiger partial charge in [0, 0.05) is 36.4 Å². The third-order valence-electron chi connectivity index (χ3n) is 4.41. The Morgan fingerprint density at radius 3 is 2.45 bits per heavy atom. The van der Waals surface area contributed by atoms with E-state index in [-0.39, 0.29) is 17.6 Å². The van der Waals surface area contributed by atoms with Crippen molar-refractivity contribution in [3.8, 4) is 11.5 Å². The number of pyridine rings is 1. The second-order valence-corrected chi connectivity index (χ2v) is 7.85. The van der Waals surface area contributed by atoms with E-state index in [1.807, 2.05) is 7.05 Å². The van der Waals surface area contributed by atoms with Gasteiger partial charge in [-0.25, -0.2) is 0 Å². The smallest absolute Gasteiger partial charge is 0.255 e. The number of benzene rings is 2. The Kier molecular flexibility index (Phi) is 6.96. The lowest BCUT2D eigenvalue weighted by Crippen LogP contribution is -2.16. The maximum absolute atomic E-state index is 12.7. The summed E-state index contributed by atoms with van der Waals surface area (Å²) in [5.74, 6) is 1.00. The predicted molar refractivity (Wildman–Crippen MR) is 126 cm³/mol. The number of nitrogens with one attached hydrogen (secondary N) is 2. The van der Waals surface area contributed by atoms with Gasteiger partial charge >= 0.3 is 0 Å². The molecule has 33 heavy (non-hydrogen) atoms. The average Bonchev–Trinajstić information content (AvgIpc) is 3.24. The van der Waals surface area contributed by atoms with Crippen LogP contribution in [0, 0.1) is 0 Å². The highest BCUT2D eigenvalue weighted by Gasteiger charge is 2.10. The van der Waals surface area contributed by atoms with E-state index >= 15 is 0 Å². The first-order valence-electron chi connectivity index (χ1n) is 9.93. The normalized spacial score (nSPS) is 10.5. The van der Waals surface area contributed by atoms with Crippen LogP contribution in [0.1, 0.15) is 10.4 Å². The number of nitrogens with zero attached hydrogens (tertiary/aromatic N) is 4. The molecule has 2 aromatic carbocycles. The summed E-state index contributed by atoms with van der Waals surface area (Å²) in [5.41, 5.74) is 1.58. The molecule has 0 unspecified atom stereocenters. The van der Waals surface area contributed by atoms with Gasteiger partial charge in [-0.2, -0.15) is 0 Å². The van der Waals surface area contributed by atoms with Crippen LogP contribution in [0.25, 0.3) is 0 Å². The molecule has 0 radical (unpaired) electrons. The van der Waals surface area contributed by atoms with Gasteiger partial charge in [-0.1, -0.05) is 17.8 Å². The minimum Gasteiger partial charge on any atom is -0.457 e. The number of anilines is 2. The zero-order valence-electron chi connectivity index (χ0n) is 17.6. The SMILES string of the molecule is Cn1cnnc1SCC(=O)Nc1cccc(C(=O)Nc2ccc(Oc3ccncc3)cc2)c1. The van der Waals surface area contributed by atoms with E-state index in [1.54, 1.807) is 84.0 Å². The van der Waals surface area contributed by atoms with Gasteiger partial charge in [-0.15, -0.1) is 10.2 Å². The predicted octanol–water partition coefficient (Wildman–Crippen LogP) is 3.99. The molecule has 0 aliphatic rings. The Morgan fingerprint density at radius 1 is 0.970 bits per heavy atom. The second-order valence-electron chi connectivity index (χ2n) is 6.91. The summed E-state index contributed by atoms with van der Waals surface area (Å²) in [7, 11) is 1.81. The first-order chi connectivity index (χ1) is 16.1. The largest absolute Gasteiger partial charge is 0.457 e. The van der Waals surface area contributed by atoms with E-state index in [4.69, 9.17) is 4.74 Å². The van der Waals surface area contributed by atoms with Gasteiger partial charge in [0.2, 0.25) is 5.91 Å². The summed E-state index contributed by atoms with van der Waals surface area (Å²) in [5, 5.41) is 14.0. The molecule has 4 aromatic rings. The van der Waals surface area contributed by atoms with Crippen molar-refractivity contribution in [1.29, 1.82) is 0 Å². The standard InChI is InChI=1S/C23H20N6O3S/c1-29-15-25-28-23(29)33-14-21(30)26-18-4-2-3-16(13-18)22(31)27-17-5-7-19(8-6-17)32-20-9-11-24-12-10-20/h2-13,15H,14H2,1H3,(H,26,30)(H,27,31). The first kappa shape index (κ1) is 22.0. The summed E-state index contributed by atoms with van der Waals surface area (Å²) in [4.78, 5) is 28.9. The molecule has 0 saturated heterocycles. The molecule has 0 saturated carbocycles. The molecule has 2 heterocycles. The molecule has 0 bridgehead atoms. The van der Waals surface area contributed by atoms with Gasteiger partial charge < -0.3 is 19.9 Å². The number of carbonyl (C=O) groups excluding carboxylic acids is 2. The van der Waals surface area contributed by atoms with Crippen molar-refractivity contribution in [2.24, 2.45) is 7.05 Å². The van der Waals surface area contributed by atoms with Gasteiger partial charge in [-0.3, -0.25) is 14.6 Å². The zero-order chi connectivity index (χ0) is 23.0. The van der Waals surface area contributed by atoms with Gasteiger partial charge in [0.25, 0.3) is 5.91 Å². The summed E-state index contributed by atoms with van der Waals surface area (Å²) in [6, 6.07) is 17.3. The number of aromatic nitrogens is 4. The fraction of sp³-hybridized carbons (Fsp3) is 0.0870. The molecule has 0 aliphatic heterocycles. The first-order valence-corrected chi connectivity index (χ1v) is 10.9. The number of carbonyl (C=O) groups is 2. The number of ether oxygens (including phenoxy) is 1. The highest BCUT2D eigenvalue weighted by atomic mass is 32.2. The molecular weight excluding hydrogens is 440 g/mol. The Balaban J connectivity index is 1.32. The fourth-order valence-electron chi connectivity index (χ4n) is 2.82. The Labute approximate surface area is 194 Å². The lowest BCUT2D eigenvalue weighted by atomic mass is 10.2. The van der Waals surface area contributed by atoms with E-state index in [0.717, 1.165) is 0 Å². The molecule has 166 valence electrons. The van der Waals surface area contributed by atoms with Crippen LogP contribution in [0.2, 0.25) is 0 Å². The lowest BCUT2D eigenvalue weighted by Gasteiger charge is -2.09. The van der Waals surface area contributed by atoms with Gasteiger partial charge in [0.15, 0.2) is 5.16 Å². The van der Waals surface area contributed by atoms with Crippen LogP contribution in [0.4, 0.5) is 11.4 Å². The zero-order valence-corrected chi connectivity index (χ0v) is 18.5. The van der Waals surface area contributed by atoms with Gasteiger partial charge in [0.1, 0.15) is 17.8 Å². The molecule has 0 atom stereocenters. The highest BCUT2D eigenvalue weighted by Crippen LogP contribution is 2.23. The van der Waals surface area contributed by atoms with Crippen molar-refractivity contribution >= 4 is 35.0 Å². The van der Waals surface area contributed by atoms with Gasteiger partial charge in [-0.05, 0) is 54.6 Å². The molecule has 2 aromatic heterocycles. The molecular formula is C23H20N6O3S. The molecule has 4 rings (SSSR count). The molecule has 0 aliphatic carbocycles. The van der Waals surface area contributed by atoms with Crippen LogP contribution in [0.3, 0.4) is 0 Å². The average molecular weight is 461 g/mol. The summed E-state index contributed by atoms with van der Waals surface area (Å²) < 4.78 is 7.46. The Bertz CT molecular complexity index is 1240. The summed E-state index contributed by atoms with van der Waals surface area (Å²) in [6.45, 7) is 0. The maximum atomic E-state index is 12.7. The topological polar surface area (TPSA) is 111 Å². The minimum atomic E-state index is -0.289. The van der Waals surface area contributed by atoms with Crippen molar-refractivity contribution in [1.82, 2.24) is 19.7 Å². The van der Waals surface area contributed by atoms with E-state index < -0.39 is 0 Å². The molecule has 0 spiro atoms. The summed E-state index contributed by atoms with van der Waals surface area (Å²) in [6.07, 6.45) is 4.87. The Morgan fingerprint density at radius 2 is 1.73 bits per heavy atom. The van der Waals surface area contributed by atoms with E-state index in [0.29, 0.717) is 33.6 Å². The van der Waals surface area contributed by atoms with Crippen LogP contribution >= 0.6 is 11.8 Å². The third-order valence-corrected chi connectivity index (χ3v) is 5.44. The van der Waals surface area contributed by atoms with E-state index in [1.165, 1.54) is 11.8 Å². The van der Waals surface area contributed by atoms with Crippen molar-refractivity contribution in [3.05, 3.63) is 84.9 Å². The van der Waals surface area contributed by atoms with Crippen molar-refractivity contribution in [2.75, 3.05) is 16.4 Å². The summed E-state index contributed by atoms with van der Waals surface area (Å²) >= 11 is 1.28. The van der Waals surface area contributed by atoms with Crippen LogP contribution in [0.15, 0.2) is 84.5 Å². The second kappa shape index (κ2) is 10.4. The van der Waals surface area contributed by atoms with Crippen LogP contribution in [0.5, 0.6) is 11.5 Å². The van der Waals surface area contributed by atoms with Crippen LogP contribution in [-0.4, -0.2) is 37.3 Å². The monoisotopic (exact) mass is 460 g/mol. The van der Waals surface area contributed by atoms with Crippen molar-refractivity contribution in [3.63, 3.8) is 0 Å². The molecule has 9 nitrogen and oxygen atoms in total. The number of aryl methyl sites for hydroxylation is 1. The minimum absolute atomic E-state index is 0.177. The molecule has 0 fully saturated rings. The number of hydrogen-bond donors (Lipinski definition) is 2. The highest BCUT2D eigenvalue weighted by molar-refractivity contribution is 7.99. The van der Waals surface area contributed by atoms with E-state index in [9.17, 15) is 9.59 Å². The lowest BCUT2D eigenvalue weighted by molar-refractivity contribution is -0.113. The fourth-order valence-corrected chi connectivity index (χ4v) is 3.51. The quantitative estimate of drug-likeness (QED) is 0.383. The van der Waals surface area contributed by atoms with E-state index in [2.05, 4.69) is 25.8 Å². The molecule has 2 amide bonds. The van der Waals surface area contributed by atoms with Gasteiger partial charge in [0.05, 0.1) is 5.75 Å². The number of amides is 2. The number of rotatable bonds is 8. The molecule has 2 N–H and O–H groups in total. The van der Waals surface area contributed by atoms with Crippen molar-refractivity contribution in [2.45, 2.75) is 5.16 Å². The maximum Gasteiger partial charge on any atom is 0.255 e. The van der Waals surface area contributed by atoms with Crippen molar-refractivity contribution < 1.29 is 14.3 Å². The van der Waals surface area contributed by atoms with Crippen LogP contribution in [-0.2, 0) is 11.8 Å². The third kappa shape index (κ3) is 6.17. The van der Waals surface area contributed by atoms with Crippen LogP contribution < -0.4 is 15.4 Å².